The Balaban J connectivity index is 2.18. The number of nitrogen functional groups attached to an aromatic ring is 1. The SMILES string of the molecule is CC(C)COCCCNC(=O)c1ccnc(N)c1. The number of nitrogens with one attached hydrogen (secondary N) is 1. The van der Waals surface area contributed by atoms with E-state index in [2.05, 4.69) is 24.1 Å². The van der Waals surface area contributed by atoms with Gasteiger partial charge < -0.3 is 15.8 Å². The van der Waals surface area contributed by atoms with E-state index in [9.17, 15) is 4.79 Å². The van der Waals surface area contributed by atoms with Crippen molar-refractivity contribution in [1.29, 1.82) is 0 Å². The lowest BCUT2D eigenvalue weighted by Gasteiger charge is -2.08. The first kappa shape index (κ1) is 14.4. The summed E-state index contributed by atoms with van der Waals surface area (Å²) in [5, 5.41) is 2.81. The molecule has 1 rings (SSSR count). The van der Waals surface area contributed by atoms with Crippen molar-refractivity contribution in [2.45, 2.75) is 20.3 Å². The maximum absolute atomic E-state index is 11.7. The van der Waals surface area contributed by atoms with Crippen LogP contribution in [-0.4, -0.2) is 30.6 Å². The van der Waals surface area contributed by atoms with Gasteiger partial charge in [-0.25, -0.2) is 4.98 Å². The second-order valence-electron chi connectivity index (χ2n) is 4.55. The molecule has 0 radical (unpaired) electrons. The van der Waals surface area contributed by atoms with Gasteiger partial charge in [0.05, 0.1) is 0 Å². The van der Waals surface area contributed by atoms with Gasteiger partial charge in [0.1, 0.15) is 5.82 Å². The lowest BCUT2D eigenvalue weighted by molar-refractivity contribution is 0.0925. The summed E-state index contributed by atoms with van der Waals surface area (Å²) in [6, 6.07) is 3.20. The third kappa shape index (κ3) is 5.63. The highest BCUT2D eigenvalue weighted by Crippen LogP contribution is 2.02. The summed E-state index contributed by atoms with van der Waals surface area (Å²) < 4.78 is 5.42. The molecule has 0 unspecified atom stereocenters. The Bertz CT molecular complexity index is 380. The predicted octanol–water partition coefficient (Wildman–Crippen LogP) is 1.46. The second-order valence-corrected chi connectivity index (χ2v) is 4.55. The first-order chi connectivity index (χ1) is 8.59. The lowest BCUT2D eigenvalue weighted by atomic mass is 10.2. The van der Waals surface area contributed by atoms with Crippen LogP contribution in [0.4, 0.5) is 5.82 Å². The van der Waals surface area contributed by atoms with Crippen molar-refractivity contribution in [3.63, 3.8) is 0 Å². The lowest BCUT2D eigenvalue weighted by Crippen LogP contribution is -2.25. The number of anilines is 1. The van der Waals surface area contributed by atoms with Crippen LogP contribution in [0, 0.1) is 5.92 Å². The molecule has 0 spiro atoms. The Morgan fingerprint density at radius 2 is 2.33 bits per heavy atom. The fourth-order valence-electron chi connectivity index (χ4n) is 1.39. The van der Waals surface area contributed by atoms with E-state index < -0.39 is 0 Å². The molecule has 18 heavy (non-hydrogen) atoms. The van der Waals surface area contributed by atoms with Crippen molar-refractivity contribution >= 4 is 11.7 Å². The van der Waals surface area contributed by atoms with E-state index in [1.165, 1.54) is 6.20 Å². The molecule has 0 saturated heterocycles. The molecule has 100 valence electrons. The highest BCUT2D eigenvalue weighted by Gasteiger charge is 2.04. The molecule has 5 heteroatoms. The van der Waals surface area contributed by atoms with E-state index in [1.807, 2.05) is 0 Å². The summed E-state index contributed by atoms with van der Waals surface area (Å²) in [5.74, 6) is 0.760. The number of aromatic nitrogens is 1. The summed E-state index contributed by atoms with van der Waals surface area (Å²) in [5.41, 5.74) is 6.04. The Morgan fingerprint density at radius 1 is 1.56 bits per heavy atom. The quantitative estimate of drug-likeness (QED) is 0.719. The fraction of sp³-hybridized carbons (Fsp3) is 0.538. The molecule has 0 atom stereocenters. The van der Waals surface area contributed by atoms with Gasteiger partial charge >= 0.3 is 0 Å². The van der Waals surface area contributed by atoms with Crippen LogP contribution in [-0.2, 0) is 4.74 Å². The number of carbonyl (C=O) groups excluding carboxylic acids is 1. The third-order valence-electron chi connectivity index (χ3n) is 2.25. The number of pyridine rings is 1. The van der Waals surface area contributed by atoms with Crippen LogP contribution < -0.4 is 11.1 Å². The van der Waals surface area contributed by atoms with Gasteiger partial charge in [0.25, 0.3) is 5.91 Å². The van der Waals surface area contributed by atoms with Crippen LogP contribution in [0.25, 0.3) is 0 Å². The average Bonchev–Trinajstić information content (AvgIpc) is 2.33. The predicted molar refractivity (Wildman–Crippen MR) is 71.3 cm³/mol. The molecule has 3 N–H and O–H groups in total. The summed E-state index contributed by atoms with van der Waals surface area (Å²) in [4.78, 5) is 15.5. The highest BCUT2D eigenvalue weighted by atomic mass is 16.5. The molecule has 0 aliphatic rings. The zero-order chi connectivity index (χ0) is 13.4. The normalized spacial score (nSPS) is 10.6. The molecule has 0 saturated carbocycles. The smallest absolute Gasteiger partial charge is 0.251 e. The van der Waals surface area contributed by atoms with E-state index in [0.717, 1.165) is 13.0 Å². The van der Waals surface area contributed by atoms with Crippen molar-refractivity contribution in [3.05, 3.63) is 23.9 Å². The van der Waals surface area contributed by atoms with Crippen molar-refractivity contribution in [1.82, 2.24) is 10.3 Å². The van der Waals surface area contributed by atoms with Crippen molar-refractivity contribution in [2.24, 2.45) is 5.92 Å². The maximum Gasteiger partial charge on any atom is 0.251 e. The van der Waals surface area contributed by atoms with Gasteiger partial charge in [0.15, 0.2) is 0 Å². The summed E-state index contributed by atoms with van der Waals surface area (Å²) in [7, 11) is 0. The molecular weight excluding hydrogens is 230 g/mol. The van der Waals surface area contributed by atoms with Crippen molar-refractivity contribution < 1.29 is 9.53 Å². The van der Waals surface area contributed by atoms with Gasteiger partial charge in [0.2, 0.25) is 0 Å². The van der Waals surface area contributed by atoms with Gasteiger partial charge in [-0.1, -0.05) is 13.8 Å². The Morgan fingerprint density at radius 3 is 3.00 bits per heavy atom. The van der Waals surface area contributed by atoms with Crippen molar-refractivity contribution in [2.75, 3.05) is 25.5 Å². The maximum atomic E-state index is 11.7. The topological polar surface area (TPSA) is 77.2 Å². The first-order valence-electron chi connectivity index (χ1n) is 6.17. The molecule has 0 aromatic carbocycles. The Kier molecular flexibility index (Phi) is 6.14. The van der Waals surface area contributed by atoms with E-state index in [-0.39, 0.29) is 5.91 Å². The number of carbonyl (C=O) groups is 1. The van der Waals surface area contributed by atoms with Crippen LogP contribution in [0.15, 0.2) is 18.3 Å². The third-order valence-corrected chi connectivity index (χ3v) is 2.25. The minimum Gasteiger partial charge on any atom is -0.384 e. The van der Waals surface area contributed by atoms with Gasteiger partial charge in [-0.05, 0) is 24.5 Å². The number of hydrogen-bond acceptors (Lipinski definition) is 4. The van der Waals surface area contributed by atoms with Gasteiger partial charge in [-0.3, -0.25) is 4.79 Å². The minimum absolute atomic E-state index is 0.132. The Labute approximate surface area is 108 Å². The number of rotatable bonds is 7. The van der Waals surface area contributed by atoms with E-state index >= 15 is 0 Å². The number of nitrogens with two attached hydrogens (primary N) is 1. The van der Waals surface area contributed by atoms with E-state index in [1.54, 1.807) is 12.1 Å². The first-order valence-corrected chi connectivity index (χ1v) is 6.17. The van der Waals surface area contributed by atoms with E-state index in [0.29, 0.717) is 30.5 Å². The largest absolute Gasteiger partial charge is 0.384 e. The number of hydrogen-bond donors (Lipinski definition) is 2. The molecule has 1 aromatic heterocycles. The van der Waals surface area contributed by atoms with Crippen LogP contribution in [0.2, 0.25) is 0 Å². The van der Waals surface area contributed by atoms with Crippen LogP contribution in [0.3, 0.4) is 0 Å². The monoisotopic (exact) mass is 251 g/mol. The second kappa shape index (κ2) is 7.66. The van der Waals surface area contributed by atoms with Gasteiger partial charge in [-0.15, -0.1) is 0 Å². The number of ether oxygens (including phenoxy) is 1. The van der Waals surface area contributed by atoms with Crippen LogP contribution in [0.1, 0.15) is 30.6 Å². The molecule has 1 heterocycles. The van der Waals surface area contributed by atoms with Gasteiger partial charge in [-0.2, -0.15) is 0 Å². The number of nitrogens with zero attached hydrogens (tertiary/aromatic N) is 1. The van der Waals surface area contributed by atoms with Crippen LogP contribution >= 0.6 is 0 Å². The molecule has 1 amide bonds. The number of amides is 1. The molecule has 0 aliphatic heterocycles. The average molecular weight is 251 g/mol. The fourth-order valence-corrected chi connectivity index (χ4v) is 1.39. The summed E-state index contributed by atoms with van der Waals surface area (Å²) in [6.07, 6.45) is 2.33. The minimum atomic E-state index is -0.132. The molecular formula is C13H21N3O2. The van der Waals surface area contributed by atoms with Crippen molar-refractivity contribution in [3.8, 4) is 0 Å². The van der Waals surface area contributed by atoms with Crippen LogP contribution in [0.5, 0.6) is 0 Å². The molecule has 1 aromatic rings. The molecule has 5 nitrogen and oxygen atoms in total. The zero-order valence-electron chi connectivity index (χ0n) is 11.0. The molecule has 0 bridgehead atoms. The highest BCUT2D eigenvalue weighted by molar-refractivity contribution is 5.94. The van der Waals surface area contributed by atoms with Gasteiger partial charge in [0, 0.05) is 31.5 Å². The summed E-state index contributed by atoms with van der Waals surface area (Å²) in [6.45, 7) is 6.23. The van der Waals surface area contributed by atoms with E-state index in [4.69, 9.17) is 10.5 Å². The Hall–Kier alpha value is -1.62. The molecule has 0 aliphatic carbocycles. The zero-order valence-corrected chi connectivity index (χ0v) is 11.0. The standard InChI is InChI=1S/C13H21N3O2/c1-10(2)9-18-7-3-5-16-13(17)11-4-6-15-12(14)8-11/h4,6,8,10H,3,5,7,9H2,1-2H3,(H2,14,15)(H,16,17). The molecule has 0 fully saturated rings. The summed E-state index contributed by atoms with van der Waals surface area (Å²) >= 11 is 0.